The van der Waals surface area contributed by atoms with E-state index >= 15 is 0 Å². The molecule has 0 amide bonds. The highest BCUT2D eigenvalue weighted by atomic mass is 19.1. The van der Waals surface area contributed by atoms with Gasteiger partial charge in [0.2, 0.25) is 0 Å². The molecule has 4 nitrogen and oxygen atoms in total. The Bertz CT molecular complexity index is 480. The van der Waals surface area contributed by atoms with Crippen molar-refractivity contribution in [1.82, 2.24) is 4.90 Å². The number of piperazine rings is 1. The summed E-state index contributed by atoms with van der Waals surface area (Å²) in [6, 6.07) is 6.54. The van der Waals surface area contributed by atoms with Crippen LogP contribution in [0.1, 0.15) is 20.8 Å². The summed E-state index contributed by atoms with van der Waals surface area (Å²) < 4.78 is 18.1. The molecule has 1 heterocycles. The van der Waals surface area contributed by atoms with Gasteiger partial charge in [-0.1, -0.05) is 0 Å². The van der Waals surface area contributed by atoms with Crippen molar-refractivity contribution in [1.29, 1.82) is 0 Å². The molecule has 1 aromatic rings. The monoisotopic (exact) mass is 294 g/mol. The summed E-state index contributed by atoms with van der Waals surface area (Å²) >= 11 is 0. The second-order valence-corrected chi connectivity index (χ2v) is 5.73. The van der Waals surface area contributed by atoms with Crippen molar-refractivity contribution in [2.45, 2.75) is 26.3 Å². The lowest BCUT2D eigenvalue weighted by molar-refractivity contribution is -0.156. The van der Waals surface area contributed by atoms with Crippen LogP contribution in [0.25, 0.3) is 0 Å². The number of esters is 1. The fraction of sp³-hybridized carbons (Fsp3) is 0.562. The van der Waals surface area contributed by atoms with Crippen LogP contribution in [0.15, 0.2) is 24.3 Å². The molecule has 1 aliphatic rings. The average molecular weight is 294 g/mol. The lowest BCUT2D eigenvalue weighted by Gasteiger charge is -2.43. The van der Waals surface area contributed by atoms with Crippen LogP contribution < -0.4 is 4.90 Å². The van der Waals surface area contributed by atoms with Crippen LogP contribution in [-0.4, -0.2) is 49.2 Å². The van der Waals surface area contributed by atoms with Crippen molar-refractivity contribution in [3.8, 4) is 0 Å². The van der Waals surface area contributed by atoms with E-state index in [0.29, 0.717) is 6.61 Å². The number of hydrogen-bond donors (Lipinski definition) is 0. The lowest BCUT2D eigenvalue weighted by atomic mass is 10.0. The molecule has 2 rings (SSSR count). The molecule has 1 aromatic carbocycles. The van der Waals surface area contributed by atoms with Crippen molar-refractivity contribution in [2.24, 2.45) is 0 Å². The first-order valence-corrected chi connectivity index (χ1v) is 7.38. The number of carbonyl (C=O) groups is 1. The van der Waals surface area contributed by atoms with E-state index in [-0.39, 0.29) is 11.8 Å². The van der Waals surface area contributed by atoms with Gasteiger partial charge in [-0.3, -0.25) is 9.69 Å². The Morgan fingerprint density at radius 1 is 1.19 bits per heavy atom. The van der Waals surface area contributed by atoms with Crippen LogP contribution in [0.2, 0.25) is 0 Å². The SMILES string of the molecule is CCOC(=O)C(C)(C)N1CCN(c2ccc(F)cc2)CC1. The third-order valence-electron chi connectivity index (χ3n) is 4.04. The third-order valence-corrected chi connectivity index (χ3v) is 4.04. The molecule has 5 heteroatoms. The van der Waals surface area contributed by atoms with Gasteiger partial charge in [-0.2, -0.15) is 0 Å². The average Bonchev–Trinajstić information content (AvgIpc) is 2.48. The van der Waals surface area contributed by atoms with Crippen molar-refractivity contribution < 1.29 is 13.9 Å². The van der Waals surface area contributed by atoms with E-state index in [4.69, 9.17) is 4.74 Å². The molecule has 1 saturated heterocycles. The van der Waals surface area contributed by atoms with Crippen LogP contribution in [-0.2, 0) is 9.53 Å². The molecule has 0 bridgehead atoms. The number of halogens is 1. The Hall–Kier alpha value is -1.62. The minimum atomic E-state index is -0.606. The maximum atomic E-state index is 13.0. The van der Waals surface area contributed by atoms with Gasteiger partial charge in [-0.15, -0.1) is 0 Å². The first-order chi connectivity index (χ1) is 9.95. The van der Waals surface area contributed by atoms with E-state index in [0.717, 1.165) is 31.9 Å². The minimum absolute atomic E-state index is 0.180. The quantitative estimate of drug-likeness (QED) is 0.798. The lowest BCUT2D eigenvalue weighted by Crippen LogP contribution is -2.58. The largest absolute Gasteiger partial charge is 0.465 e. The molecule has 0 spiro atoms. The summed E-state index contributed by atoms with van der Waals surface area (Å²) in [5, 5.41) is 0. The van der Waals surface area contributed by atoms with Gasteiger partial charge in [0.1, 0.15) is 11.4 Å². The summed E-state index contributed by atoms with van der Waals surface area (Å²) in [5.74, 6) is -0.402. The minimum Gasteiger partial charge on any atom is -0.465 e. The van der Waals surface area contributed by atoms with Crippen LogP contribution >= 0.6 is 0 Å². The van der Waals surface area contributed by atoms with E-state index in [1.165, 1.54) is 12.1 Å². The number of rotatable bonds is 4. The van der Waals surface area contributed by atoms with Gasteiger partial charge < -0.3 is 9.64 Å². The smallest absolute Gasteiger partial charge is 0.325 e. The number of carbonyl (C=O) groups excluding carboxylic acids is 1. The first kappa shape index (κ1) is 15.8. The van der Waals surface area contributed by atoms with Gasteiger partial charge in [0.15, 0.2) is 0 Å². The predicted molar refractivity (Wildman–Crippen MR) is 80.9 cm³/mol. The number of hydrogen-bond acceptors (Lipinski definition) is 4. The fourth-order valence-corrected chi connectivity index (χ4v) is 2.61. The van der Waals surface area contributed by atoms with E-state index in [1.807, 2.05) is 20.8 Å². The van der Waals surface area contributed by atoms with Gasteiger partial charge in [0, 0.05) is 31.9 Å². The van der Waals surface area contributed by atoms with Gasteiger partial charge >= 0.3 is 5.97 Å². The van der Waals surface area contributed by atoms with Gasteiger partial charge in [-0.05, 0) is 45.0 Å². The Labute approximate surface area is 125 Å². The highest BCUT2D eigenvalue weighted by Crippen LogP contribution is 2.22. The van der Waals surface area contributed by atoms with Gasteiger partial charge in [-0.25, -0.2) is 4.39 Å². The zero-order valence-electron chi connectivity index (χ0n) is 12.9. The molecule has 21 heavy (non-hydrogen) atoms. The summed E-state index contributed by atoms with van der Waals surface area (Å²) in [4.78, 5) is 16.4. The highest BCUT2D eigenvalue weighted by molar-refractivity contribution is 5.79. The molecule has 0 aromatic heterocycles. The van der Waals surface area contributed by atoms with E-state index in [1.54, 1.807) is 12.1 Å². The molecule has 0 N–H and O–H groups in total. The second-order valence-electron chi connectivity index (χ2n) is 5.73. The molecule has 0 unspecified atom stereocenters. The normalized spacial score (nSPS) is 16.9. The molecule has 0 radical (unpaired) electrons. The van der Waals surface area contributed by atoms with E-state index in [9.17, 15) is 9.18 Å². The Balaban J connectivity index is 1.96. The van der Waals surface area contributed by atoms with E-state index in [2.05, 4.69) is 9.80 Å². The maximum Gasteiger partial charge on any atom is 0.325 e. The zero-order valence-corrected chi connectivity index (χ0v) is 12.9. The van der Waals surface area contributed by atoms with Crippen LogP contribution in [0.5, 0.6) is 0 Å². The summed E-state index contributed by atoms with van der Waals surface area (Å²) in [6.45, 7) is 9.21. The summed E-state index contributed by atoms with van der Waals surface area (Å²) in [5.41, 5.74) is 0.412. The molecular weight excluding hydrogens is 271 g/mol. The molecule has 0 saturated carbocycles. The molecule has 1 aliphatic heterocycles. The number of ether oxygens (including phenoxy) is 1. The Morgan fingerprint density at radius 3 is 2.29 bits per heavy atom. The van der Waals surface area contributed by atoms with Crippen molar-refractivity contribution in [2.75, 3.05) is 37.7 Å². The van der Waals surface area contributed by atoms with Crippen molar-refractivity contribution in [3.05, 3.63) is 30.1 Å². The Kier molecular flexibility index (Phi) is 4.83. The van der Waals surface area contributed by atoms with Crippen LogP contribution in [0.4, 0.5) is 10.1 Å². The highest BCUT2D eigenvalue weighted by Gasteiger charge is 2.37. The van der Waals surface area contributed by atoms with Crippen molar-refractivity contribution >= 4 is 11.7 Å². The molecule has 116 valence electrons. The molecule has 0 aliphatic carbocycles. The number of nitrogens with zero attached hydrogens (tertiary/aromatic N) is 2. The predicted octanol–water partition coefficient (Wildman–Crippen LogP) is 2.29. The molecule has 1 fully saturated rings. The first-order valence-electron chi connectivity index (χ1n) is 7.38. The number of benzene rings is 1. The van der Waals surface area contributed by atoms with Gasteiger partial charge in [0.25, 0.3) is 0 Å². The summed E-state index contributed by atoms with van der Waals surface area (Å²) in [7, 11) is 0. The van der Waals surface area contributed by atoms with E-state index < -0.39 is 5.54 Å². The number of anilines is 1. The fourth-order valence-electron chi connectivity index (χ4n) is 2.61. The van der Waals surface area contributed by atoms with Gasteiger partial charge in [0.05, 0.1) is 6.61 Å². The summed E-state index contributed by atoms with van der Waals surface area (Å²) in [6.07, 6.45) is 0. The third kappa shape index (κ3) is 3.53. The van der Waals surface area contributed by atoms with Crippen molar-refractivity contribution in [3.63, 3.8) is 0 Å². The Morgan fingerprint density at radius 2 is 1.76 bits per heavy atom. The van der Waals surface area contributed by atoms with Crippen LogP contribution in [0, 0.1) is 5.82 Å². The maximum absolute atomic E-state index is 13.0. The second kappa shape index (κ2) is 6.43. The molecule has 0 atom stereocenters. The topological polar surface area (TPSA) is 32.8 Å². The standard InChI is InChI=1S/C16H23FN2O2/c1-4-21-15(20)16(2,3)19-11-9-18(10-12-19)14-7-5-13(17)6-8-14/h5-8H,4,9-12H2,1-3H3. The molecular formula is C16H23FN2O2. The zero-order chi connectivity index (χ0) is 15.5. The van der Waals surface area contributed by atoms with Crippen LogP contribution in [0.3, 0.4) is 0 Å².